The van der Waals surface area contributed by atoms with Gasteiger partial charge in [-0.15, -0.1) is 0 Å². The molecule has 424 valence electrons. The van der Waals surface area contributed by atoms with Crippen molar-refractivity contribution in [1.82, 2.24) is 0 Å². The second-order valence-electron chi connectivity index (χ2n) is 20.6. The maximum Gasteiger partial charge on any atom is 0.306 e. The van der Waals surface area contributed by atoms with Crippen molar-refractivity contribution in [3.8, 4) is 0 Å². The molecule has 0 aromatic carbocycles. The average Bonchev–Trinajstić information content (AvgIpc) is 3.40. The lowest BCUT2D eigenvalue weighted by Gasteiger charge is -2.18. The Hall–Kier alpha value is -3.67. The van der Waals surface area contributed by atoms with Gasteiger partial charge < -0.3 is 14.2 Å². The number of unbranched alkanes of at least 4 members (excludes halogenated alkanes) is 29. The van der Waals surface area contributed by atoms with Crippen molar-refractivity contribution in [2.75, 3.05) is 13.2 Å². The second-order valence-corrected chi connectivity index (χ2v) is 20.6. The van der Waals surface area contributed by atoms with Crippen molar-refractivity contribution in [1.29, 1.82) is 0 Å². The quantitative estimate of drug-likeness (QED) is 0.0261. The van der Waals surface area contributed by atoms with Crippen molar-refractivity contribution < 1.29 is 28.6 Å². The topological polar surface area (TPSA) is 78.9 Å². The monoisotopic (exact) mass is 1030 g/mol. The minimum Gasteiger partial charge on any atom is -0.462 e. The number of carbonyl (C=O) groups is 3. The number of rotatable bonds is 56. The van der Waals surface area contributed by atoms with E-state index in [-0.39, 0.29) is 31.1 Å². The molecule has 1 atom stereocenters. The van der Waals surface area contributed by atoms with Gasteiger partial charge in [-0.25, -0.2) is 0 Å². The Morgan fingerprint density at radius 3 is 0.865 bits per heavy atom. The molecule has 0 saturated carbocycles. The molecule has 74 heavy (non-hydrogen) atoms. The fourth-order valence-corrected chi connectivity index (χ4v) is 8.61. The van der Waals surface area contributed by atoms with Crippen LogP contribution >= 0.6 is 0 Å². The molecule has 0 radical (unpaired) electrons. The molecule has 0 N–H and O–H groups in total. The number of carbonyl (C=O) groups excluding carboxylic acids is 3. The third-order valence-corrected chi connectivity index (χ3v) is 13.3. The van der Waals surface area contributed by atoms with Crippen LogP contribution < -0.4 is 0 Å². The maximum atomic E-state index is 12.9. The largest absolute Gasteiger partial charge is 0.462 e. The van der Waals surface area contributed by atoms with E-state index in [1.165, 1.54) is 135 Å². The van der Waals surface area contributed by atoms with Gasteiger partial charge >= 0.3 is 17.9 Å². The molecule has 0 spiro atoms. The SMILES string of the molecule is CC/C=C\C/C=C\C/C=C\C/C=C\C/C=C\CCCCCCCC(=O)OC(COC(=O)CCCCCCC/C=C\CCCCC)COC(=O)CCCCCCCCCCCCC/C=C\C/C=C\CCCCCCC. The van der Waals surface area contributed by atoms with Crippen LogP contribution in [0, 0.1) is 0 Å². The lowest BCUT2D eigenvalue weighted by Crippen LogP contribution is -2.30. The molecule has 0 fully saturated rings. The first-order valence-corrected chi connectivity index (χ1v) is 31.2. The van der Waals surface area contributed by atoms with E-state index in [1.807, 2.05) is 0 Å². The first-order valence-electron chi connectivity index (χ1n) is 31.2. The molecule has 1 unspecified atom stereocenters. The minimum atomic E-state index is -0.794. The zero-order chi connectivity index (χ0) is 53.6. The first-order chi connectivity index (χ1) is 36.5. The number of hydrogen-bond acceptors (Lipinski definition) is 6. The fourth-order valence-electron chi connectivity index (χ4n) is 8.61. The van der Waals surface area contributed by atoms with E-state index in [0.717, 1.165) is 122 Å². The van der Waals surface area contributed by atoms with Crippen LogP contribution in [0.1, 0.15) is 297 Å². The first kappa shape index (κ1) is 70.3. The Bertz CT molecular complexity index is 1460. The molecule has 0 aliphatic carbocycles. The van der Waals surface area contributed by atoms with Gasteiger partial charge in [0.05, 0.1) is 0 Å². The van der Waals surface area contributed by atoms with E-state index in [1.54, 1.807) is 0 Å². The van der Waals surface area contributed by atoms with Crippen molar-refractivity contribution in [3.63, 3.8) is 0 Å². The van der Waals surface area contributed by atoms with Gasteiger partial charge in [0.2, 0.25) is 0 Å². The van der Waals surface area contributed by atoms with Gasteiger partial charge in [-0.2, -0.15) is 0 Å². The third-order valence-electron chi connectivity index (χ3n) is 13.3. The van der Waals surface area contributed by atoms with Crippen LogP contribution in [-0.4, -0.2) is 37.2 Å². The number of ether oxygens (including phenoxy) is 3. The van der Waals surface area contributed by atoms with Gasteiger partial charge in [0.15, 0.2) is 6.10 Å². The smallest absolute Gasteiger partial charge is 0.306 e. The summed E-state index contributed by atoms with van der Waals surface area (Å²) in [7, 11) is 0. The summed E-state index contributed by atoms with van der Waals surface area (Å²) in [5.74, 6) is -0.912. The Balaban J connectivity index is 4.36. The Labute approximate surface area is 457 Å². The predicted octanol–water partition coefficient (Wildman–Crippen LogP) is 21.3. The lowest BCUT2D eigenvalue weighted by atomic mass is 10.0. The van der Waals surface area contributed by atoms with Crippen molar-refractivity contribution in [2.45, 2.75) is 303 Å². The van der Waals surface area contributed by atoms with E-state index in [0.29, 0.717) is 19.3 Å². The van der Waals surface area contributed by atoms with Crippen LogP contribution in [0.4, 0.5) is 0 Å². The van der Waals surface area contributed by atoms with Crippen molar-refractivity contribution in [3.05, 3.63) is 97.2 Å². The average molecular weight is 1030 g/mol. The van der Waals surface area contributed by atoms with Gasteiger partial charge in [-0.05, 0) is 122 Å². The molecule has 0 aromatic rings. The number of hydrogen-bond donors (Lipinski definition) is 0. The highest BCUT2D eigenvalue weighted by Gasteiger charge is 2.19. The fraction of sp³-hybridized carbons (Fsp3) is 0.721. The molecule has 6 heteroatoms. The van der Waals surface area contributed by atoms with Crippen LogP contribution in [0.15, 0.2) is 97.2 Å². The zero-order valence-electron chi connectivity index (χ0n) is 48.6. The minimum absolute atomic E-state index is 0.0889. The van der Waals surface area contributed by atoms with E-state index in [9.17, 15) is 14.4 Å². The van der Waals surface area contributed by atoms with Crippen molar-refractivity contribution >= 4 is 17.9 Å². The Morgan fingerprint density at radius 1 is 0.284 bits per heavy atom. The summed E-state index contributed by atoms with van der Waals surface area (Å²) in [6.07, 6.45) is 82.6. The molecule has 0 bridgehead atoms. The molecule has 0 heterocycles. The Kier molecular flexibility index (Phi) is 58.8. The molecule has 0 aliphatic heterocycles. The van der Waals surface area contributed by atoms with Crippen molar-refractivity contribution in [2.24, 2.45) is 0 Å². The molecule has 0 rings (SSSR count). The van der Waals surface area contributed by atoms with Gasteiger partial charge in [-0.1, -0.05) is 253 Å². The molecule has 0 amide bonds. The third kappa shape index (κ3) is 59.2. The number of esters is 3. The summed E-state index contributed by atoms with van der Waals surface area (Å²) in [6.45, 7) is 6.49. The molecule has 0 saturated heterocycles. The molecule has 6 nitrogen and oxygen atoms in total. The molecule has 0 aromatic heterocycles. The van der Waals surface area contributed by atoms with Crippen LogP contribution in [-0.2, 0) is 28.6 Å². The zero-order valence-corrected chi connectivity index (χ0v) is 48.6. The highest BCUT2D eigenvalue weighted by molar-refractivity contribution is 5.71. The summed E-state index contributed by atoms with van der Waals surface area (Å²) in [4.78, 5) is 38.3. The molecule has 0 aliphatic rings. The van der Waals surface area contributed by atoms with Gasteiger partial charge in [0.25, 0.3) is 0 Å². The van der Waals surface area contributed by atoms with E-state index >= 15 is 0 Å². The summed E-state index contributed by atoms with van der Waals surface area (Å²) < 4.78 is 16.9. The summed E-state index contributed by atoms with van der Waals surface area (Å²) in [5.41, 5.74) is 0. The van der Waals surface area contributed by atoms with Crippen LogP contribution in [0.3, 0.4) is 0 Å². The van der Waals surface area contributed by atoms with Gasteiger partial charge in [0, 0.05) is 19.3 Å². The summed E-state index contributed by atoms with van der Waals surface area (Å²) in [6, 6.07) is 0. The Morgan fingerprint density at radius 2 is 0.527 bits per heavy atom. The van der Waals surface area contributed by atoms with E-state index < -0.39 is 6.10 Å². The second kappa shape index (κ2) is 61.9. The summed E-state index contributed by atoms with van der Waals surface area (Å²) >= 11 is 0. The van der Waals surface area contributed by atoms with Crippen LogP contribution in [0.5, 0.6) is 0 Å². The van der Waals surface area contributed by atoms with Crippen LogP contribution in [0.2, 0.25) is 0 Å². The van der Waals surface area contributed by atoms with Crippen LogP contribution in [0.25, 0.3) is 0 Å². The highest BCUT2D eigenvalue weighted by Crippen LogP contribution is 2.15. The van der Waals surface area contributed by atoms with Gasteiger partial charge in [0.1, 0.15) is 13.2 Å². The summed E-state index contributed by atoms with van der Waals surface area (Å²) in [5, 5.41) is 0. The van der Waals surface area contributed by atoms with E-state index in [4.69, 9.17) is 14.2 Å². The normalized spacial score (nSPS) is 12.7. The molecular weight excluding hydrogens is 913 g/mol. The maximum absolute atomic E-state index is 12.9. The highest BCUT2D eigenvalue weighted by atomic mass is 16.6. The van der Waals surface area contributed by atoms with E-state index in [2.05, 4.69) is 118 Å². The standard InChI is InChI=1S/C68H116O6/c1-4-7-10-13-16-19-22-25-27-29-31-33-34-36-37-39-41-43-46-49-52-55-58-61-67(70)73-64-65(63-72-66(69)60-57-54-51-48-45-24-21-18-15-12-9-6-3)74-68(71)62-59-56-53-50-47-44-42-40-38-35-32-30-28-26-23-20-17-14-11-8-5-2/h8,11,17-18,20-22,25-26,28-29,31-32,35,40,42,65H,4-7,9-10,12-16,19,23-24,27,30,33-34,36-39,41,43-64H2,1-3H3/b11-8-,20-17-,21-18-,25-22-,28-26-,31-29-,35-32-,42-40-. The number of allylic oxidation sites excluding steroid dienone is 16. The van der Waals surface area contributed by atoms with Gasteiger partial charge in [-0.3, -0.25) is 14.4 Å². The lowest BCUT2D eigenvalue weighted by molar-refractivity contribution is -0.167. The molecular formula is C68H116O6. The predicted molar refractivity (Wildman–Crippen MR) is 320 cm³/mol.